The van der Waals surface area contributed by atoms with Crippen LogP contribution in [-0.2, 0) is 10.2 Å². The van der Waals surface area contributed by atoms with Crippen LogP contribution in [-0.4, -0.2) is 31.3 Å². The quantitative estimate of drug-likeness (QED) is 0.653. The van der Waals surface area contributed by atoms with E-state index in [2.05, 4.69) is 0 Å². The van der Waals surface area contributed by atoms with Gasteiger partial charge in [0.15, 0.2) is 0 Å². The molecule has 0 saturated heterocycles. The molecule has 1 aromatic carbocycles. The van der Waals surface area contributed by atoms with E-state index in [1.54, 1.807) is 0 Å². The zero-order chi connectivity index (χ0) is 13.1. The van der Waals surface area contributed by atoms with Gasteiger partial charge < -0.3 is 15.9 Å². The molecule has 0 aromatic heterocycles. The summed E-state index contributed by atoms with van der Waals surface area (Å²) in [6.45, 7) is 0.128. The Morgan fingerprint density at radius 3 is 2.41 bits per heavy atom. The van der Waals surface area contributed by atoms with Gasteiger partial charge in [0.05, 0.1) is 6.10 Å². The monoisotopic (exact) mass is 263 g/mol. The second-order valence-corrected chi connectivity index (χ2v) is 4.88. The van der Waals surface area contributed by atoms with Crippen molar-refractivity contribution in [3.8, 4) is 0 Å². The van der Waals surface area contributed by atoms with Gasteiger partial charge in [0.1, 0.15) is 11.0 Å². The van der Waals surface area contributed by atoms with Crippen molar-refractivity contribution < 1.29 is 22.5 Å². The minimum absolute atomic E-state index is 0.0852. The molecule has 0 aliphatic rings. The molecule has 17 heavy (non-hydrogen) atoms. The van der Waals surface area contributed by atoms with Crippen LogP contribution in [0, 0.1) is 0 Å². The van der Waals surface area contributed by atoms with Crippen LogP contribution in [0.25, 0.3) is 0 Å². The Balaban J connectivity index is 3.14. The van der Waals surface area contributed by atoms with Gasteiger partial charge in [-0.05, 0) is 19.0 Å². The lowest BCUT2D eigenvalue weighted by Gasteiger charge is -2.18. The molecule has 7 heteroatoms. The summed E-state index contributed by atoms with van der Waals surface area (Å²) in [5, 5.41) is 19.2. The lowest BCUT2D eigenvalue weighted by Crippen LogP contribution is -2.23. The fraction of sp³-hybridized carbons (Fsp3) is 0.400. The maximum Gasteiger partial charge on any atom is 0.332 e. The van der Waals surface area contributed by atoms with Crippen LogP contribution in [0.15, 0.2) is 29.2 Å². The van der Waals surface area contributed by atoms with E-state index in [0.29, 0.717) is 0 Å². The first-order chi connectivity index (χ1) is 7.88. The molecule has 0 aliphatic heterocycles. The van der Waals surface area contributed by atoms with Crippen LogP contribution in [0.1, 0.15) is 18.1 Å². The first kappa shape index (κ1) is 14.0. The molecule has 1 aromatic rings. The summed E-state index contributed by atoms with van der Waals surface area (Å²) in [5.41, 5.74) is 5.04. The van der Waals surface area contributed by atoms with Crippen molar-refractivity contribution in [3.63, 3.8) is 0 Å². The molecule has 0 saturated carbocycles. The molecule has 0 heterocycles. The largest absolute Gasteiger partial charge is 0.390 e. The normalized spacial score (nSPS) is 15.5. The average Bonchev–Trinajstić information content (AvgIpc) is 2.27. The molecule has 0 radical (unpaired) electrons. The van der Waals surface area contributed by atoms with Crippen LogP contribution >= 0.6 is 0 Å². The van der Waals surface area contributed by atoms with E-state index in [4.69, 9.17) is 5.73 Å². The van der Waals surface area contributed by atoms with E-state index in [1.807, 2.05) is 0 Å². The van der Waals surface area contributed by atoms with Crippen molar-refractivity contribution in [3.05, 3.63) is 29.8 Å². The van der Waals surface area contributed by atoms with Crippen molar-refractivity contribution >= 4 is 10.2 Å². The van der Waals surface area contributed by atoms with Gasteiger partial charge in [0.25, 0.3) is 0 Å². The SMILES string of the molecule is NCCC(O)C(O)c1ccccc1S(=O)(=O)F. The third kappa shape index (κ3) is 3.47. The zero-order valence-corrected chi connectivity index (χ0v) is 9.77. The molecular weight excluding hydrogens is 249 g/mol. The van der Waals surface area contributed by atoms with Crippen LogP contribution in [0.3, 0.4) is 0 Å². The second kappa shape index (κ2) is 5.54. The van der Waals surface area contributed by atoms with Crippen LogP contribution < -0.4 is 5.73 Å². The number of halogens is 1. The summed E-state index contributed by atoms with van der Waals surface area (Å²) < 4.78 is 34.7. The number of nitrogens with two attached hydrogens (primary N) is 1. The molecule has 0 aliphatic carbocycles. The van der Waals surface area contributed by atoms with Crippen molar-refractivity contribution in [2.75, 3.05) is 6.54 Å². The van der Waals surface area contributed by atoms with Gasteiger partial charge in [0, 0.05) is 5.56 Å². The average molecular weight is 263 g/mol. The third-order valence-corrected chi connectivity index (χ3v) is 3.22. The Hall–Kier alpha value is -1.02. The van der Waals surface area contributed by atoms with Gasteiger partial charge in [-0.25, -0.2) is 0 Å². The highest BCUT2D eigenvalue weighted by molar-refractivity contribution is 7.86. The molecule has 0 amide bonds. The molecule has 2 unspecified atom stereocenters. The van der Waals surface area contributed by atoms with Crippen molar-refractivity contribution in [1.29, 1.82) is 0 Å². The molecule has 0 fully saturated rings. The number of rotatable bonds is 5. The Morgan fingerprint density at radius 1 is 1.29 bits per heavy atom. The maximum atomic E-state index is 12.9. The highest BCUT2D eigenvalue weighted by atomic mass is 32.3. The Morgan fingerprint density at radius 2 is 1.88 bits per heavy atom. The summed E-state index contributed by atoms with van der Waals surface area (Å²) in [6, 6.07) is 5.06. The van der Waals surface area contributed by atoms with Gasteiger partial charge in [-0.15, -0.1) is 3.89 Å². The lowest BCUT2D eigenvalue weighted by molar-refractivity contribution is 0.0134. The van der Waals surface area contributed by atoms with Gasteiger partial charge in [0.2, 0.25) is 0 Å². The standard InChI is InChI=1S/C10H14FNO4S/c11-17(15,16)9-4-2-1-3-7(9)10(14)8(13)5-6-12/h1-4,8,10,13-14H,5-6,12H2. The maximum absolute atomic E-state index is 12.9. The molecule has 2 atom stereocenters. The Bertz CT molecular complexity index is 477. The minimum Gasteiger partial charge on any atom is -0.390 e. The van der Waals surface area contributed by atoms with E-state index in [-0.39, 0.29) is 18.5 Å². The molecule has 0 bridgehead atoms. The Labute approximate surface area is 98.9 Å². The molecule has 4 N–H and O–H groups in total. The predicted molar refractivity (Wildman–Crippen MR) is 59.4 cm³/mol. The van der Waals surface area contributed by atoms with E-state index in [1.165, 1.54) is 18.2 Å². The second-order valence-electron chi connectivity index (χ2n) is 3.57. The highest BCUT2D eigenvalue weighted by Crippen LogP contribution is 2.26. The topological polar surface area (TPSA) is 101 Å². The molecular formula is C10H14FNO4S. The fourth-order valence-corrected chi connectivity index (χ4v) is 2.19. The molecule has 1 rings (SSSR count). The van der Waals surface area contributed by atoms with E-state index < -0.39 is 27.3 Å². The number of aliphatic hydroxyl groups is 2. The first-order valence-electron chi connectivity index (χ1n) is 4.97. The molecule has 5 nitrogen and oxygen atoms in total. The van der Waals surface area contributed by atoms with Crippen LogP contribution in [0.5, 0.6) is 0 Å². The summed E-state index contributed by atoms with van der Waals surface area (Å²) in [6.07, 6.45) is -2.63. The van der Waals surface area contributed by atoms with Gasteiger partial charge in [-0.2, -0.15) is 8.42 Å². The number of aliphatic hydroxyl groups excluding tert-OH is 2. The smallest absolute Gasteiger partial charge is 0.332 e. The summed E-state index contributed by atoms with van der Waals surface area (Å²) >= 11 is 0. The minimum atomic E-state index is -4.93. The predicted octanol–water partition coefficient (Wildman–Crippen LogP) is 0.0879. The zero-order valence-electron chi connectivity index (χ0n) is 8.95. The van der Waals surface area contributed by atoms with Crippen LogP contribution in [0.2, 0.25) is 0 Å². The van der Waals surface area contributed by atoms with E-state index in [9.17, 15) is 22.5 Å². The number of benzene rings is 1. The van der Waals surface area contributed by atoms with Gasteiger partial charge >= 0.3 is 10.2 Å². The Kier molecular flexibility index (Phi) is 4.58. The first-order valence-corrected chi connectivity index (χ1v) is 6.36. The fourth-order valence-electron chi connectivity index (χ4n) is 1.48. The van der Waals surface area contributed by atoms with Gasteiger partial charge in [-0.1, -0.05) is 18.2 Å². The highest BCUT2D eigenvalue weighted by Gasteiger charge is 2.25. The number of hydrogen-bond donors (Lipinski definition) is 3. The summed E-state index contributed by atoms with van der Waals surface area (Å²) in [7, 11) is -4.93. The number of hydrogen-bond acceptors (Lipinski definition) is 5. The van der Waals surface area contributed by atoms with Crippen molar-refractivity contribution in [2.45, 2.75) is 23.5 Å². The van der Waals surface area contributed by atoms with Crippen molar-refractivity contribution in [1.82, 2.24) is 0 Å². The summed E-state index contributed by atoms with van der Waals surface area (Å²) in [5.74, 6) is 0. The van der Waals surface area contributed by atoms with Crippen molar-refractivity contribution in [2.24, 2.45) is 5.73 Å². The molecule has 96 valence electrons. The van der Waals surface area contributed by atoms with Crippen LogP contribution in [0.4, 0.5) is 3.89 Å². The van der Waals surface area contributed by atoms with E-state index >= 15 is 0 Å². The molecule has 0 spiro atoms. The van der Waals surface area contributed by atoms with E-state index in [0.717, 1.165) is 6.07 Å². The summed E-state index contributed by atoms with van der Waals surface area (Å²) in [4.78, 5) is -0.636. The van der Waals surface area contributed by atoms with Gasteiger partial charge in [-0.3, -0.25) is 0 Å². The third-order valence-electron chi connectivity index (χ3n) is 2.33. The lowest BCUT2D eigenvalue weighted by atomic mass is 10.0.